The average molecular weight is 354 g/mol. The molecule has 0 aliphatic carbocycles. The van der Waals surface area contributed by atoms with Gasteiger partial charge >= 0.3 is 5.97 Å². The number of hydrogen-bond donors (Lipinski definition) is 2. The molecule has 2 N–H and O–H groups in total. The molecular weight excluding hydrogens is 336 g/mol. The molecule has 4 nitrogen and oxygen atoms in total. The number of fused-ring (bicyclic) bond motifs is 1. The van der Waals surface area contributed by atoms with Crippen molar-refractivity contribution in [1.82, 2.24) is 4.98 Å². The van der Waals surface area contributed by atoms with Crippen LogP contribution in [-0.2, 0) is 0 Å². The third-order valence-electron chi connectivity index (χ3n) is 4.65. The molecule has 0 radical (unpaired) electrons. The first-order valence-electron chi connectivity index (χ1n) is 8.67. The molecular formula is C23H18N2O2. The van der Waals surface area contributed by atoms with Crippen molar-refractivity contribution >= 4 is 28.2 Å². The van der Waals surface area contributed by atoms with Gasteiger partial charge in [-0.25, -0.2) is 4.79 Å². The summed E-state index contributed by atoms with van der Waals surface area (Å²) >= 11 is 0. The lowest BCUT2D eigenvalue weighted by atomic mass is 9.99. The van der Waals surface area contributed by atoms with E-state index >= 15 is 0 Å². The zero-order valence-electron chi connectivity index (χ0n) is 14.8. The molecule has 4 heteroatoms. The minimum absolute atomic E-state index is 0.182. The number of nitrogens with zero attached hydrogens (tertiary/aromatic N) is 1. The predicted molar refractivity (Wildman–Crippen MR) is 109 cm³/mol. The zero-order valence-corrected chi connectivity index (χ0v) is 14.8. The summed E-state index contributed by atoms with van der Waals surface area (Å²) in [6, 6.07) is 23.8. The van der Waals surface area contributed by atoms with Gasteiger partial charge in [-0.1, -0.05) is 54.6 Å². The van der Waals surface area contributed by atoms with Crippen molar-refractivity contribution in [3.05, 3.63) is 90.1 Å². The molecule has 0 bridgehead atoms. The van der Waals surface area contributed by atoms with Crippen molar-refractivity contribution in [2.24, 2.45) is 0 Å². The van der Waals surface area contributed by atoms with Crippen molar-refractivity contribution in [2.75, 3.05) is 5.32 Å². The molecule has 1 aromatic heterocycles. The van der Waals surface area contributed by atoms with E-state index in [1.54, 1.807) is 6.07 Å². The van der Waals surface area contributed by atoms with Crippen LogP contribution in [0, 0.1) is 6.92 Å². The van der Waals surface area contributed by atoms with Gasteiger partial charge in [0.25, 0.3) is 0 Å². The number of aromatic carboxylic acids is 1. The van der Waals surface area contributed by atoms with Gasteiger partial charge in [0.2, 0.25) is 0 Å². The van der Waals surface area contributed by atoms with Crippen molar-refractivity contribution < 1.29 is 9.90 Å². The van der Waals surface area contributed by atoms with E-state index in [-0.39, 0.29) is 5.56 Å². The first kappa shape index (κ1) is 16.8. The van der Waals surface area contributed by atoms with Crippen LogP contribution in [0.25, 0.3) is 22.0 Å². The van der Waals surface area contributed by atoms with Gasteiger partial charge in [0.05, 0.1) is 16.8 Å². The molecule has 0 unspecified atom stereocenters. The van der Waals surface area contributed by atoms with Crippen molar-refractivity contribution in [3.8, 4) is 11.1 Å². The maximum Gasteiger partial charge on any atom is 0.337 e. The molecule has 132 valence electrons. The molecule has 0 fully saturated rings. The normalized spacial score (nSPS) is 10.7. The van der Waals surface area contributed by atoms with Gasteiger partial charge in [-0.05, 0) is 41.8 Å². The van der Waals surface area contributed by atoms with E-state index in [0.29, 0.717) is 0 Å². The minimum Gasteiger partial charge on any atom is -0.478 e. The number of benzene rings is 3. The molecule has 4 rings (SSSR count). The van der Waals surface area contributed by atoms with Crippen LogP contribution in [-0.4, -0.2) is 16.1 Å². The summed E-state index contributed by atoms with van der Waals surface area (Å²) in [5, 5.41) is 13.4. The van der Waals surface area contributed by atoms with E-state index in [1.165, 1.54) is 17.3 Å². The highest BCUT2D eigenvalue weighted by Gasteiger charge is 2.10. The van der Waals surface area contributed by atoms with E-state index in [2.05, 4.69) is 35.4 Å². The third-order valence-corrected chi connectivity index (χ3v) is 4.65. The Balaban J connectivity index is 1.76. The van der Waals surface area contributed by atoms with Crippen molar-refractivity contribution in [3.63, 3.8) is 0 Å². The molecule has 4 aromatic rings. The van der Waals surface area contributed by atoms with Gasteiger partial charge in [-0.2, -0.15) is 0 Å². The molecule has 3 aromatic carbocycles. The topological polar surface area (TPSA) is 62.2 Å². The van der Waals surface area contributed by atoms with E-state index in [1.807, 2.05) is 48.5 Å². The predicted octanol–water partition coefficient (Wildman–Crippen LogP) is 5.65. The SMILES string of the molecule is Cc1c(Nc2cccc3cc(C(=O)O)cnc23)cccc1-c1ccccc1. The van der Waals surface area contributed by atoms with Gasteiger partial charge in [0, 0.05) is 17.3 Å². The number of carboxylic acid groups (broad SMARTS) is 1. The van der Waals surface area contributed by atoms with E-state index in [9.17, 15) is 4.79 Å². The molecule has 0 aliphatic rings. The Morgan fingerprint density at radius 2 is 1.67 bits per heavy atom. The Bertz CT molecular complexity index is 1140. The number of rotatable bonds is 4. The molecule has 0 spiro atoms. The Hall–Kier alpha value is -3.66. The number of para-hydroxylation sites is 1. The van der Waals surface area contributed by atoms with Crippen LogP contribution in [0.1, 0.15) is 15.9 Å². The second-order valence-corrected chi connectivity index (χ2v) is 6.38. The molecule has 0 amide bonds. The van der Waals surface area contributed by atoms with Crippen molar-refractivity contribution in [1.29, 1.82) is 0 Å². The number of pyridine rings is 1. The Labute approximate surface area is 157 Å². The van der Waals surface area contributed by atoms with Gasteiger partial charge in [0.15, 0.2) is 0 Å². The quantitative estimate of drug-likeness (QED) is 0.497. The van der Waals surface area contributed by atoms with Crippen LogP contribution in [0.15, 0.2) is 79.0 Å². The smallest absolute Gasteiger partial charge is 0.337 e. The highest BCUT2D eigenvalue weighted by molar-refractivity contribution is 5.97. The summed E-state index contributed by atoms with van der Waals surface area (Å²) < 4.78 is 0. The highest BCUT2D eigenvalue weighted by atomic mass is 16.4. The summed E-state index contributed by atoms with van der Waals surface area (Å²) in [5.74, 6) is -0.978. The molecule has 0 saturated carbocycles. The minimum atomic E-state index is -0.978. The van der Waals surface area contributed by atoms with Gasteiger partial charge in [0.1, 0.15) is 0 Å². The highest BCUT2D eigenvalue weighted by Crippen LogP contribution is 2.32. The number of nitrogens with one attached hydrogen (secondary N) is 1. The molecule has 0 aliphatic heterocycles. The van der Waals surface area contributed by atoms with Gasteiger partial charge in [-0.3, -0.25) is 4.98 Å². The lowest BCUT2D eigenvalue weighted by Gasteiger charge is -2.15. The van der Waals surface area contributed by atoms with Crippen LogP contribution >= 0.6 is 0 Å². The third kappa shape index (κ3) is 3.25. The monoisotopic (exact) mass is 354 g/mol. The lowest BCUT2D eigenvalue weighted by Crippen LogP contribution is -1.99. The number of anilines is 2. The maximum atomic E-state index is 11.2. The number of carboxylic acids is 1. The van der Waals surface area contributed by atoms with Crippen molar-refractivity contribution in [2.45, 2.75) is 6.92 Å². The Kier molecular flexibility index (Phi) is 4.30. The summed E-state index contributed by atoms with van der Waals surface area (Å²) in [4.78, 5) is 15.5. The van der Waals surface area contributed by atoms with Crippen LogP contribution in [0.5, 0.6) is 0 Å². The summed E-state index contributed by atoms with van der Waals surface area (Å²) in [6.45, 7) is 2.09. The lowest BCUT2D eigenvalue weighted by molar-refractivity contribution is 0.0696. The Morgan fingerprint density at radius 3 is 2.44 bits per heavy atom. The van der Waals surface area contributed by atoms with Gasteiger partial charge < -0.3 is 10.4 Å². The molecule has 0 saturated heterocycles. The number of hydrogen-bond acceptors (Lipinski definition) is 3. The molecule has 0 atom stereocenters. The van der Waals surface area contributed by atoms with Gasteiger partial charge in [-0.15, -0.1) is 0 Å². The molecule has 27 heavy (non-hydrogen) atoms. The zero-order chi connectivity index (χ0) is 18.8. The van der Waals surface area contributed by atoms with Crippen LogP contribution in [0.4, 0.5) is 11.4 Å². The average Bonchev–Trinajstić information content (AvgIpc) is 2.70. The van der Waals surface area contributed by atoms with Crippen LogP contribution < -0.4 is 5.32 Å². The summed E-state index contributed by atoms with van der Waals surface area (Å²) in [5.41, 5.74) is 6.24. The summed E-state index contributed by atoms with van der Waals surface area (Å²) in [7, 11) is 0. The maximum absolute atomic E-state index is 11.2. The fourth-order valence-electron chi connectivity index (χ4n) is 3.23. The van der Waals surface area contributed by atoms with Crippen LogP contribution in [0.3, 0.4) is 0 Å². The second-order valence-electron chi connectivity index (χ2n) is 6.38. The fraction of sp³-hybridized carbons (Fsp3) is 0.0435. The first-order chi connectivity index (χ1) is 13.1. The van der Waals surface area contributed by atoms with E-state index in [0.717, 1.165) is 27.8 Å². The summed E-state index contributed by atoms with van der Waals surface area (Å²) in [6.07, 6.45) is 1.39. The number of aromatic nitrogens is 1. The largest absolute Gasteiger partial charge is 0.478 e. The fourth-order valence-corrected chi connectivity index (χ4v) is 3.23. The van der Waals surface area contributed by atoms with E-state index < -0.39 is 5.97 Å². The van der Waals surface area contributed by atoms with E-state index in [4.69, 9.17) is 5.11 Å². The first-order valence-corrected chi connectivity index (χ1v) is 8.67. The Morgan fingerprint density at radius 1 is 0.926 bits per heavy atom. The molecule has 1 heterocycles. The standard InChI is InChI=1S/C23H18N2O2/c1-15-19(16-7-3-2-4-8-16)10-6-11-20(15)25-21-12-5-9-17-13-18(23(26)27)14-24-22(17)21/h2-14,25H,1H3,(H,26,27). The second kappa shape index (κ2) is 6.92. The van der Waals surface area contributed by atoms with Crippen LogP contribution in [0.2, 0.25) is 0 Å². The number of carbonyl (C=O) groups is 1.